The molecule has 0 aromatic heterocycles. The highest BCUT2D eigenvalue weighted by atomic mass is 28.4. The molecule has 3 nitrogen and oxygen atoms in total. The van der Waals surface area contributed by atoms with E-state index in [9.17, 15) is 0 Å². The molecule has 0 amide bonds. The summed E-state index contributed by atoms with van der Waals surface area (Å²) in [6, 6.07) is 8.79. The molecular formula is C17H29NO2Si. The molecule has 2 atom stereocenters. The zero-order chi connectivity index (χ0) is 15.5. The summed E-state index contributed by atoms with van der Waals surface area (Å²) >= 11 is 0. The molecule has 1 fully saturated rings. The van der Waals surface area contributed by atoms with E-state index < -0.39 is 8.32 Å². The van der Waals surface area contributed by atoms with Crippen molar-refractivity contribution in [2.45, 2.75) is 51.6 Å². The van der Waals surface area contributed by atoms with E-state index in [0.29, 0.717) is 6.04 Å². The van der Waals surface area contributed by atoms with Crippen molar-refractivity contribution in [3.63, 3.8) is 0 Å². The molecule has 1 aliphatic heterocycles. The second-order valence-electron chi connectivity index (χ2n) is 6.91. The molecule has 0 saturated carbocycles. The van der Waals surface area contributed by atoms with E-state index in [1.807, 2.05) is 12.1 Å². The number of rotatable bonds is 6. The number of nitrogens with zero attached hydrogens (tertiary/aromatic N) is 1. The largest absolute Gasteiger partial charge is 0.497 e. The SMILES string of the molecule is COc1ccc(C(O[Si](C)(C)C)C(C)N2CCCC2)cc1. The third kappa shape index (κ3) is 4.56. The first kappa shape index (κ1) is 16.5. The number of methoxy groups -OCH3 is 1. The van der Waals surface area contributed by atoms with Crippen LogP contribution in [0.25, 0.3) is 0 Å². The topological polar surface area (TPSA) is 21.7 Å². The number of ether oxygens (including phenoxy) is 1. The maximum absolute atomic E-state index is 6.53. The molecular weight excluding hydrogens is 278 g/mol. The van der Waals surface area contributed by atoms with Gasteiger partial charge in [-0.05, 0) is 70.2 Å². The third-order valence-electron chi connectivity index (χ3n) is 4.08. The molecule has 1 aromatic rings. The van der Waals surface area contributed by atoms with Gasteiger partial charge in [0.15, 0.2) is 8.32 Å². The monoisotopic (exact) mass is 307 g/mol. The molecule has 4 heteroatoms. The van der Waals surface area contributed by atoms with Crippen molar-refractivity contribution < 1.29 is 9.16 Å². The molecule has 2 unspecified atom stereocenters. The van der Waals surface area contributed by atoms with Gasteiger partial charge in [-0.25, -0.2) is 0 Å². The highest BCUT2D eigenvalue weighted by molar-refractivity contribution is 6.69. The fourth-order valence-electron chi connectivity index (χ4n) is 2.96. The molecule has 0 aliphatic carbocycles. The van der Waals surface area contributed by atoms with Crippen LogP contribution >= 0.6 is 0 Å². The van der Waals surface area contributed by atoms with Gasteiger partial charge in [0.05, 0.1) is 13.2 Å². The summed E-state index contributed by atoms with van der Waals surface area (Å²) in [5.41, 5.74) is 1.26. The average molecular weight is 308 g/mol. The molecule has 21 heavy (non-hydrogen) atoms. The minimum atomic E-state index is -1.60. The minimum absolute atomic E-state index is 0.153. The van der Waals surface area contributed by atoms with Gasteiger partial charge in [-0.3, -0.25) is 4.90 Å². The molecule has 0 radical (unpaired) electrons. The second kappa shape index (κ2) is 6.94. The van der Waals surface area contributed by atoms with Crippen LogP contribution in [0.15, 0.2) is 24.3 Å². The number of likely N-dealkylation sites (tertiary alicyclic amines) is 1. The first-order valence-corrected chi connectivity index (χ1v) is 11.4. The van der Waals surface area contributed by atoms with Gasteiger partial charge in [0.25, 0.3) is 0 Å². The van der Waals surface area contributed by atoms with Crippen LogP contribution in [0.2, 0.25) is 19.6 Å². The smallest absolute Gasteiger partial charge is 0.184 e. The van der Waals surface area contributed by atoms with Gasteiger partial charge >= 0.3 is 0 Å². The molecule has 2 rings (SSSR count). The molecule has 0 bridgehead atoms. The van der Waals surface area contributed by atoms with Crippen molar-refractivity contribution in [1.29, 1.82) is 0 Å². The molecule has 118 valence electrons. The maximum atomic E-state index is 6.53. The summed E-state index contributed by atoms with van der Waals surface area (Å²) in [5, 5.41) is 0. The van der Waals surface area contributed by atoms with Gasteiger partial charge in [0.1, 0.15) is 5.75 Å². The molecule has 0 spiro atoms. The standard InChI is InChI=1S/C17H29NO2Si/c1-14(18-12-6-7-13-18)17(20-21(3,4)5)15-8-10-16(19-2)11-9-15/h8-11,14,17H,6-7,12-13H2,1-5H3. The van der Waals surface area contributed by atoms with Crippen LogP contribution in [0.4, 0.5) is 0 Å². The molecule has 1 heterocycles. The van der Waals surface area contributed by atoms with Crippen LogP contribution < -0.4 is 4.74 Å². The summed E-state index contributed by atoms with van der Waals surface area (Å²) in [4.78, 5) is 2.56. The van der Waals surface area contributed by atoms with Gasteiger partial charge in [-0.2, -0.15) is 0 Å². The highest BCUT2D eigenvalue weighted by Crippen LogP contribution is 2.31. The van der Waals surface area contributed by atoms with E-state index in [1.54, 1.807) is 7.11 Å². The van der Waals surface area contributed by atoms with Crippen molar-refractivity contribution in [2.75, 3.05) is 20.2 Å². The number of benzene rings is 1. The average Bonchev–Trinajstić information content (AvgIpc) is 2.97. The maximum Gasteiger partial charge on any atom is 0.184 e. The van der Waals surface area contributed by atoms with E-state index >= 15 is 0 Å². The fourth-order valence-corrected chi connectivity index (χ4v) is 4.05. The Bertz CT molecular complexity index is 435. The first-order chi connectivity index (χ1) is 9.90. The van der Waals surface area contributed by atoms with Gasteiger partial charge in [0.2, 0.25) is 0 Å². The van der Waals surface area contributed by atoms with Crippen LogP contribution in [0, 0.1) is 0 Å². The lowest BCUT2D eigenvalue weighted by Gasteiger charge is -2.36. The quantitative estimate of drug-likeness (QED) is 0.739. The highest BCUT2D eigenvalue weighted by Gasteiger charge is 2.31. The Labute approximate surface area is 130 Å². The Morgan fingerprint density at radius 1 is 1.05 bits per heavy atom. The summed E-state index contributed by atoms with van der Waals surface area (Å²) < 4.78 is 11.8. The number of hydrogen-bond acceptors (Lipinski definition) is 3. The predicted molar refractivity (Wildman–Crippen MR) is 90.4 cm³/mol. The summed E-state index contributed by atoms with van der Waals surface area (Å²) in [5.74, 6) is 0.902. The molecule has 0 N–H and O–H groups in total. The van der Waals surface area contributed by atoms with Crippen molar-refractivity contribution in [3.05, 3.63) is 29.8 Å². The Morgan fingerprint density at radius 3 is 2.10 bits per heavy atom. The molecule has 1 saturated heterocycles. The summed E-state index contributed by atoms with van der Waals surface area (Å²) in [7, 11) is 0.110. The molecule has 1 aliphatic rings. The van der Waals surface area contributed by atoms with Crippen LogP contribution in [-0.2, 0) is 4.43 Å². The van der Waals surface area contributed by atoms with E-state index in [-0.39, 0.29) is 6.10 Å². The second-order valence-corrected chi connectivity index (χ2v) is 11.4. The lowest BCUT2D eigenvalue weighted by molar-refractivity contribution is 0.0855. The lowest BCUT2D eigenvalue weighted by atomic mass is 10.0. The Kier molecular flexibility index (Phi) is 5.46. The number of hydrogen-bond donors (Lipinski definition) is 0. The van der Waals surface area contributed by atoms with E-state index in [2.05, 4.69) is 43.6 Å². The van der Waals surface area contributed by atoms with Gasteiger partial charge in [-0.15, -0.1) is 0 Å². The van der Waals surface area contributed by atoms with Crippen LogP contribution in [0.5, 0.6) is 5.75 Å². The van der Waals surface area contributed by atoms with Crippen molar-refractivity contribution in [3.8, 4) is 5.75 Å². The normalized spacial score (nSPS) is 19.5. The van der Waals surface area contributed by atoms with E-state index in [1.165, 1.54) is 31.5 Å². The first-order valence-electron chi connectivity index (χ1n) is 7.96. The van der Waals surface area contributed by atoms with Crippen molar-refractivity contribution in [2.24, 2.45) is 0 Å². The minimum Gasteiger partial charge on any atom is -0.497 e. The van der Waals surface area contributed by atoms with Crippen molar-refractivity contribution in [1.82, 2.24) is 4.90 Å². The van der Waals surface area contributed by atoms with Crippen LogP contribution in [-0.4, -0.2) is 39.5 Å². The predicted octanol–water partition coefficient (Wildman–Crippen LogP) is 4.07. The summed E-state index contributed by atoms with van der Waals surface area (Å²) in [6.07, 6.45) is 2.78. The van der Waals surface area contributed by atoms with Gasteiger partial charge in [-0.1, -0.05) is 12.1 Å². The Balaban J connectivity index is 2.21. The zero-order valence-electron chi connectivity index (χ0n) is 14.1. The summed E-state index contributed by atoms with van der Waals surface area (Å²) in [6.45, 7) is 11.5. The van der Waals surface area contributed by atoms with Crippen LogP contribution in [0.1, 0.15) is 31.4 Å². The molecule has 1 aromatic carbocycles. The fraction of sp³-hybridized carbons (Fsp3) is 0.647. The van der Waals surface area contributed by atoms with Gasteiger partial charge in [0, 0.05) is 6.04 Å². The van der Waals surface area contributed by atoms with Crippen LogP contribution in [0.3, 0.4) is 0 Å². The van der Waals surface area contributed by atoms with E-state index in [0.717, 1.165) is 5.75 Å². The van der Waals surface area contributed by atoms with E-state index in [4.69, 9.17) is 9.16 Å². The third-order valence-corrected chi connectivity index (χ3v) is 5.04. The lowest BCUT2D eigenvalue weighted by Crippen LogP contribution is -2.40. The Morgan fingerprint density at radius 2 is 1.62 bits per heavy atom. The zero-order valence-corrected chi connectivity index (χ0v) is 15.1. The van der Waals surface area contributed by atoms with Gasteiger partial charge < -0.3 is 9.16 Å². The van der Waals surface area contributed by atoms with Crippen molar-refractivity contribution >= 4 is 8.32 Å². The Hall–Kier alpha value is -0.843.